The predicted octanol–water partition coefficient (Wildman–Crippen LogP) is 0.909. The third-order valence-electron chi connectivity index (χ3n) is 3.49. The first-order valence-corrected chi connectivity index (χ1v) is 6.13. The molecule has 1 heterocycles. The Hall–Kier alpha value is -1.88. The van der Waals surface area contributed by atoms with Gasteiger partial charge in [0, 0.05) is 12.6 Å². The second-order valence-corrected chi connectivity index (χ2v) is 4.48. The van der Waals surface area contributed by atoms with Crippen LogP contribution in [0.1, 0.15) is 11.6 Å². The van der Waals surface area contributed by atoms with Gasteiger partial charge in [0.25, 0.3) is 0 Å². The molecular weight excluding hydrogens is 246 g/mol. The van der Waals surface area contributed by atoms with E-state index in [2.05, 4.69) is 5.32 Å². The molecule has 0 aromatic heterocycles. The lowest BCUT2D eigenvalue weighted by atomic mass is 9.87. The van der Waals surface area contributed by atoms with Crippen molar-refractivity contribution in [2.45, 2.75) is 6.04 Å². The Morgan fingerprint density at radius 2 is 1.74 bits per heavy atom. The number of nitrogens with one attached hydrogen (secondary N) is 1. The van der Waals surface area contributed by atoms with Crippen LogP contribution in [0.4, 0.5) is 0 Å². The summed E-state index contributed by atoms with van der Waals surface area (Å²) in [6, 6.07) is 9.33. The van der Waals surface area contributed by atoms with E-state index in [9.17, 15) is 9.59 Å². The summed E-state index contributed by atoms with van der Waals surface area (Å²) < 4.78 is 9.58. The lowest BCUT2D eigenvalue weighted by Gasteiger charge is -2.20. The van der Waals surface area contributed by atoms with Crippen molar-refractivity contribution in [1.29, 1.82) is 0 Å². The first kappa shape index (κ1) is 13.5. The summed E-state index contributed by atoms with van der Waals surface area (Å²) in [4.78, 5) is 23.7. The van der Waals surface area contributed by atoms with Crippen molar-refractivity contribution in [2.75, 3.05) is 20.8 Å². The third kappa shape index (κ3) is 2.61. The van der Waals surface area contributed by atoms with Gasteiger partial charge in [-0.3, -0.25) is 9.59 Å². The molecule has 1 saturated heterocycles. The molecule has 5 heteroatoms. The fourth-order valence-corrected chi connectivity index (χ4v) is 2.54. The standard InChI is InChI=1S/C14H17NO4/c1-18-13(16)10-8-15-12(11(10)14(17)19-2)9-6-4-3-5-7-9/h3-7,10-12,15H,8H2,1-2H3/t10-,11+,12-/m0/s1. The number of hydrogen-bond acceptors (Lipinski definition) is 5. The molecule has 0 spiro atoms. The van der Waals surface area contributed by atoms with Gasteiger partial charge in [-0.1, -0.05) is 30.3 Å². The quantitative estimate of drug-likeness (QED) is 0.821. The number of carbonyl (C=O) groups excluding carboxylic acids is 2. The molecule has 0 radical (unpaired) electrons. The van der Waals surface area contributed by atoms with Gasteiger partial charge < -0.3 is 14.8 Å². The van der Waals surface area contributed by atoms with E-state index in [-0.39, 0.29) is 12.0 Å². The van der Waals surface area contributed by atoms with Crippen molar-refractivity contribution < 1.29 is 19.1 Å². The lowest BCUT2D eigenvalue weighted by Crippen LogP contribution is -2.31. The number of carbonyl (C=O) groups is 2. The molecule has 19 heavy (non-hydrogen) atoms. The summed E-state index contributed by atoms with van der Waals surface area (Å²) in [5.41, 5.74) is 0.962. The van der Waals surface area contributed by atoms with Crippen molar-refractivity contribution in [2.24, 2.45) is 11.8 Å². The van der Waals surface area contributed by atoms with Crippen molar-refractivity contribution >= 4 is 11.9 Å². The SMILES string of the molecule is COC(=O)[C@@H]1[C@@H](C(=O)OC)CN[C@H]1c1ccccc1. The summed E-state index contributed by atoms with van der Waals surface area (Å²) in [5.74, 6) is -1.85. The maximum absolute atomic E-state index is 12.0. The fourth-order valence-electron chi connectivity index (χ4n) is 2.54. The van der Waals surface area contributed by atoms with Crippen LogP contribution >= 0.6 is 0 Å². The number of hydrogen-bond donors (Lipinski definition) is 1. The molecule has 1 aromatic carbocycles. The molecular formula is C14H17NO4. The predicted molar refractivity (Wildman–Crippen MR) is 68.2 cm³/mol. The van der Waals surface area contributed by atoms with E-state index in [0.717, 1.165) is 5.56 Å². The van der Waals surface area contributed by atoms with Crippen LogP contribution in [-0.2, 0) is 19.1 Å². The van der Waals surface area contributed by atoms with Gasteiger partial charge in [0.1, 0.15) is 0 Å². The molecule has 1 aromatic rings. The average Bonchev–Trinajstić information content (AvgIpc) is 2.91. The van der Waals surface area contributed by atoms with Crippen LogP contribution in [0.2, 0.25) is 0 Å². The third-order valence-corrected chi connectivity index (χ3v) is 3.49. The molecule has 3 atom stereocenters. The molecule has 1 aliphatic heterocycles. The number of rotatable bonds is 3. The summed E-state index contributed by atoms with van der Waals surface area (Å²) in [5, 5.41) is 3.20. The summed E-state index contributed by atoms with van der Waals surface area (Å²) >= 11 is 0. The van der Waals surface area contributed by atoms with Crippen LogP contribution in [-0.4, -0.2) is 32.7 Å². The maximum Gasteiger partial charge on any atom is 0.311 e. The molecule has 0 unspecified atom stereocenters. The van der Waals surface area contributed by atoms with E-state index < -0.39 is 17.8 Å². The van der Waals surface area contributed by atoms with Crippen LogP contribution in [0.3, 0.4) is 0 Å². The van der Waals surface area contributed by atoms with Crippen LogP contribution in [0, 0.1) is 11.8 Å². The van der Waals surface area contributed by atoms with Gasteiger partial charge in [0.2, 0.25) is 0 Å². The van der Waals surface area contributed by atoms with Gasteiger partial charge in [-0.2, -0.15) is 0 Å². The zero-order valence-electron chi connectivity index (χ0n) is 11.0. The van der Waals surface area contributed by atoms with Crippen molar-refractivity contribution in [3.05, 3.63) is 35.9 Å². The smallest absolute Gasteiger partial charge is 0.311 e. The molecule has 0 aliphatic carbocycles. The van der Waals surface area contributed by atoms with Gasteiger partial charge in [0.05, 0.1) is 26.1 Å². The van der Waals surface area contributed by atoms with E-state index in [1.165, 1.54) is 14.2 Å². The monoisotopic (exact) mass is 263 g/mol. The zero-order valence-corrected chi connectivity index (χ0v) is 11.0. The molecule has 0 bridgehead atoms. The van der Waals surface area contributed by atoms with Crippen molar-refractivity contribution in [3.8, 4) is 0 Å². The number of benzene rings is 1. The number of esters is 2. The van der Waals surface area contributed by atoms with Gasteiger partial charge >= 0.3 is 11.9 Å². The number of methoxy groups -OCH3 is 2. The molecule has 1 N–H and O–H groups in total. The van der Waals surface area contributed by atoms with Crippen LogP contribution in [0.5, 0.6) is 0 Å². The Morgan fingerprint density at radius 1 is 1.11 bits per heavy atom. The van der Waals surface area contributed by atoms with Crippen LogP contribution in [0.15, 0.2) is 30.3 Å². The normalized spacial score (nSPS) is 25.9. The van der Waals surface area contributed by atoms with Gasteiger partial charge in [-0.15, -0.1) is 0 Å². The molecule has 0 amide bonds. The first-order valence-electron chi connectivity index (χ1n) is 6.13. The first-order chi connectivity index (χ1) is 9.19. The highest BCUT2D eigenvalue weighted by molar-refractivity contribution is 5.83. The number of ether oxygens (including phenoxy) is 2. The Balaban J connectivity index is 2.29. The minimum Gasteiger partial charge on any atom is -0.469 e. The molecule has 1 fully saturated rings. The molecule has 5 nitrogen and oxygen atoms in total. The van der Waals surface area contributed by atoms with Gasteiger partial charge in [-0.05, 0) is 5.56 Å². The molecule has 102 valence electrons. The van der Waals surface area contributed by atoms with Gasteiger partial charge in [-0.25, -0.2) is 0 Å². The van der Waals surface area contributed by atoms with E-state index in [1.54, 1.807) is 0 Å². The highest BCUT2D eigenvalue weighted by atomic mass is 16.5. The van der Waals surface area contributed by atoms with Crippen LogP contribution in [0.25, 0.3) is 0 Å². The van der Waals surface area contributed by atoms with Crippen molar-refractivity contribution in [1.82, 2.24) is 5.32 Å². The Bertz CT molecular complexity index is 460. The van der Waals surface area contributed by atoms with Gasteiger partial charge in [0.15, 0.2) is 0 Å². The summed E-state index contributed by atoms with van der Waals surface area (Å²) in [6.07, 6.45) is 0. The Kier molecular flexibility index (Phi) is 4.16. The molecule has 0 saturated carbocycles. The highest BCUT2D eigenvalue weighted by Gasteiger charge is 2.46. The second kappa shape index (κ2) is 5.84. The second-order valence-electron chi connectivity index (χ2n) is 4.48. The van der Waals surface area contributed by atoms with E-state index in [4.69, 9.17) is 9.47 Å². The summed E-state index contributed by atoms with van der Waals surface area (Å²) in [7, 11) is 2.66. The largest absolute Gasteiger partial charge is 0.469 e. The maximum atomic E-state index is 12.0. The Morgan fingerprint density at radius 3 is 2.32 bits per heavy atom. The zero-order chi connectivity index (χ0) is 13.8. The minimum absolute atomic E-state index is 0.224. The van der Waals surface area contributed by atoms with Crippen molar-refractivity contribution in [3.63, 3.8) is 0 Å². The lowest BCUT2D eigenvalue weighted by molar-refractivity contribution is -0.156. The van der Waals surface area contributed by atoms with E-state index in [0.29, 0.717) is 6.54 Å². The van der Waals surface area contributed by atoms with E-state index >= 15 is 0 Å². The molecule has 2 rings (SSSR count). The fraction of sp³-hybridized carbons (Fsp3) is 0.429. The molecule has 1 aliphatic rings. The topological polar surface area (TPSA) is 64.6 Å². The minimum atomic E-state index is -0.556. The Labute approximate surface area is 111 Å². The van der Waals surface area contributed by atoms with Crippen LogP contribution < -0.4 is 5.32 Å². The van der Waals surface area contributed by atoms with E-state index in [1.807, 2.05) is 30.3 Å². The highest BCUT2D eigenvalue weighted by Crippen LogP contribution is 2.35. The average molecular weight is 263 g/mol. The summed E-state index contributed by atoms with van der Waals surface area (Å²) in [6.45, 7) is 0.409.